The molecular formula is C9H7IO2. The van der Waals surface area contributed by atoms with Gasteiger partial charge >= 0.3 is 0 Å². The highest BCUT2D eigenvalue weighted by atomic mass is 127. The van der Waals surface area contributed by atoms with E-state index in [0.717, 1.165) is 3.57 Å². The van der Waals surface area contributed by atoms with Crippen LogP contribution < -0.4 is 0 Å². The maximum atomic E-state index is 11.2. The van der Waals surface area contributed by atoms with Crippen molar-refractivity contribution in [2.24, 2.45) is 0 Å². The molecule has 0 unspecified atom stereocenters. The Morgan fingerprint density at radius 2 is 1.83 bits per heavy atom. The van der Waals surface area contributed by atoms with Crippen LogP contribution in [0.1, 0.15) is 17.3 Å². The number of Topliss-reactive ketones (excluding diaryl/α,β-unsaturated/α-hetero) is 2. The van der Waals surface area contributed by atoms with Gasteiger partial charge in [-0.15, -0.1) is 0 Å². The summed E-state index contributed by atoms with van der Waals surface area (Å²) < 4.78 is 0.815. The van der Waals surface area contributed by atoms with Crippen LogP contribution in [-0.2, 0) is 4.79 Å². The van der Waals surface area contributed by atoms with Crippen LogP contribution in [0.4, 0.5) is 0 Å². The van der Waals surface area contributed by atoms with E-state index < -0.39 is 11.6 Å². The topological polar surface area (TPSA) is 34.1 Å². The first-order valence-corrected chi connectivity index (χ1v) is 4.50. The second-order valence-electron chi connectivity index (χ2n) is 2.37. The summed E-state index contributed by atoms with van der Waals surface area (Å²) in [5.41, 5.74) is 0.491. The predicted molar refractivity (Wildman–Crippen MR) is 54.2 cm³/mol. The summed E-state index contributed by atoms with van der Waals surface area (Å²) in [5, 5.41) is 0. The van der Waals surface area contributed by atoms with Gasteiger partial charge in [-0.1, -0.05) is 12.1 Å². The highest BCUT2D eigenvalue weighted by Gasteiger charge is 2.12. The molecular weight excluding hydrogens is 267 g/mol. The minimum atomic E-state index is -0.417. The Morgan fingerprint density at radius 1 is 1.25 bits per heavy atom. The van der Waals surface area contributed by atoms with Gasteiger partial charge in [0.2, 0.25) is 5.78 Å². The van der Waals surface area contributed by atoms with Gasteiger partial charge in [0, 0.05) is 16.1 Å². The number of benzene rings is 1. The molecule has 0 spiro atoms. The third kappa shape index (κ3) is 1.91. The fraction of sp³-hybridized carbons (Fsp3) is 0.111. The standard InChI is InChI=1S/C9H7IO2/c1-6(11)9(12)7-4-2-3-5-8(7)10/h2-5H,1H3. The largest absolute Gasteiger partial charge is 0.291 e. The van der Waals surface area contributed by atoms with E-state index in [4.69, 9.17) is 0 Å². The van der Waals surface area contributed by atoms with Crippen molar-refractivity contribution < 1.29 is 9.59 Å². The van der Waals surface area contributed by atoms with E-state index in [-0.39, 0.29) is 0 Å². The summed E-state index contributed by atoms with van der Waals surface area (Å²) in [5.74, 6) is -0.834. The average molecular weight is 274 g/mol. The summed E-state index contributed by atoms with van der Waals surface area (Å²) in [6.45, 7) is 1.28. The van der Waals surface area contributed by atoms with E-state index in [2.05, 4.69) is 0 Å². The Balaban J connectivity index is 3.11. The Bertz CT molecular complexity index is 331. The molecule has 1 rings (SSSR count). The number of carbonyl (C=O) groups is 2. The van der Waals surface area contributed by atoms with Crippen molar-refractivity contribution in [1.29, 1.82) is 0 Å². The molecule has 12 heavy (non-hydrogen) atoms. The van der Waals surface area contributed by atoms with Gasteiger partial charge in [-0.3, -0.25) is 9.59 Å². The molecule has 0 saturated carbocycles. The average Bonchev–Trinajstić information content (AvgIpc) is 2.04. The molecule has 0 saturated heterocycles. The number of hydrogen-bond acceptors (Lipinski definition) is 2. The van der Waals surface area contributed by atoms with Gasteiger partial charge in [-0.25, -0.2) is 0 Å². The van der Waals surface area contributed by atoms with Crippen molar-refractivity contribution in [3.8, 4) is 0 Å². The molecule has 3 heteroatoms. The Hall–Kier alpha value is -0.710. The van der Waals surface area contributed by atoms with Gasteiger partial charge in [0.15, 0.2) is 5.78 Å². The Kier molecular flexibility index (Phi) is 2.97. The molecule has 0 bridgehead atoms. The van der Waals surface area contributed by atoms with Crippen LogP contribution in [0.2, 0.25) is 0 Å². The number of carbonyl (C=O) groups excluding carboxylic acids is 2. The van der Waals surface area contributed by atoms with Crippen molar-refractivity contribution in [3.63, 3.8) is 0 Å². The second-order valence-corrected chi connectivity index (χ2v) is 3.53. The molecule has 0 aliphatic carbocycles. The zero-order valence-electron chi connectivity index (χ0n) is 6.50. The van der Waals surface area contributed by atoms with E-state index in [9.17, 15) is 9.59 Å². The van der Waals surface area contributed by atoms with Crippen LogP contribution in [-0.4, -0.2) is 11.6 Å². The van der Waals surface area contributed by atoms with Gasteiger partial charge in [0.05, 0.1) is 0 Å². The highest BCUT2D eigenvalue weighted by Crippen LogP contribution is 2.11. The Labute approximate surface area is 84.1 Å². The zero-order chi connectivity index (χ0) is 9.14. The third-order valence-corrected chi connectivity index (χ3v) is 2.38. The smallest absolute Gasteiger partial charge is 0.229 e. The van der Waals surface area contributed by atoms with Crippen LogP contribution in [0.25, 0.3) is 0 Å². The third-order valence-electron chi connectivity index (χ3n) is 1.44. The molecule has 0 aliphatic heterocycles. The van der Waals surface area contributed by atoms with Gasteiger partial charge in [-0.05, 0) is 34.7 Å². The minimum Gasteiger partial charge on any atom is -0.291 e. The van der Waals surface area contributed by atoms with E-state index in [1.165, 1.54) is 6.92 Å². The van der Waals surface area contributed by atoms with Crippen LogP contribution in [0.5, 0.6) is 0 Å². The summed E-state index contributed by atoms with van der Waals surface area (Å²) in [6.07, 6.45) is 0. The maximum absolute atomic E-state index is 11.2. The van der Waals surface area contributed by atoms with Crippen LogP contribution in [0, 0.1) is 3.57 Å². The fourth-order valence-corrected chi connectivity index (χ4v) is 1.47. The second kappa shape index (κ2) is 3.80. The van der Waals surface area contributed by atoms with E-state index >= 15 is 0 Å². The lowest BCUT2D eigenvalue weighted by Crippen LogP contribution is -2.10. The van der Waals surface area contributed by atoms with E-state index in [1.807, 2.05) is 28.7 Å². The SMILES string of the molecule is CC(=O)C(=O)c1ccccc1I. The summed E-state index contributed by atoms with van der Waals surface area (Å²) in [4.78, 5) is 22.0. The van der Waals surface area contributed by atoms with Crippen LogP contribution in [0.3, 0.4) is 0 Å². The molecule has 0 aliphatic rings. The molecule has 0 aromatic heterocycles. The van der Waals surface area contributed by atoms with Crippen molar-refractivity contribution in [2.75, 3.05) is 0 Å². The molecule has 0 N–H and O–H groups in total. The van der Waals surface area contributed by atoms with Gasteiger partial charge in [0.25, 0.3) is 0 Å². The normalized spacial score (nSPS) is 9.50. The summed E-state index contributed by atoms with van der Waals surface area (Å²) in [7, 11) is 0. The monoisotopic (exact) mass is 274 g/mol. The van der Waals surface area contributed by atoms with E-state index in [0.29, 0.717) is 5.56 Å². The summed E-state index contributed by atoms with van der Waals surface area (Å²) in [6, 6.07) is 7.04. The lowest BCUT2D eigenvalue weighted by Gasteiger charge is -1.98. The highest BCUT2D eigenvalue weighted by molar-refractivity contribution is 14.1. The number of ketones is 2. The quantitative estimate of drug-likeness (QED) is 0.470. The minimum absolute atomic E-state index is 0.417. The number of hydrogen-bond donors (Lipinski definition) is 0. The lowest BCUT2D eigenvalue weighted by atomic mass is 10.1. The predicted octanol–water partition coefficient (Wildman–Crippen LogP) is 2.06. The van der Waals surface area contributed by atoms with Gasteiger partial charge < -0.3 is 0 Å². The van der Waals surface area contributed by atoms with Crippen LogP contribution in [0.15, 0.2) is 24.3 Å². The molecule has 1 aromatic carbocycles. The number of rotatable bonds is 2. The van der Waals surface area contributed by atoms with Crippen molar-refractivity contribution >= 4 is 34.2 Å². The van der Waals surface area contributed by atoms with Crippen molar-refractivity contribution in [2.45, 2.75) is 6.92 Å². The van der Waals surface area contributed by atoms with Crippen LogP contribution >= 0.6 is 22.6 Å². The van der Waals surface area contributed by atoms with Gasteiger partial charge in [-0.2, -0.15) is 0 Å². The molecule has 0 heterocycles. The maximum Gasteiger partial charge on any atom is 0.229 e. The lowest BCUT2D eigenvalue weighted by molar-refractivity contribution is -0.113. The molecule has 0 atom stereocenters. The first-order valence-electron chi connectivity index (χ1n) is 3.42. The summed E-state index contributed by atoms with van der Waals surface area (Å²) >= 11 is 2.04. The zero-order valence-corrected chi connectivity index (χ0v) is 8.66. The first-order chi connectivity index (χ1) is 5.63. The fourth-order valence-electron chi connectivity index (χ4n) is 0.835. The molecule has 2 nitrogen and oxygen atoms in total. The number of halogens is 1. The van der Waals surface area contributed by atoms with Crippen molar-refractivity contribution in [1.82, 2.24) is 0 Å². The molecule has 0 radical (unpaired) electrons. The van der Waals surface area contributed by atoms with E-state index in [1.54, 1.807) is 18.2 Å². The Morgan fingerprint density at radius 3 is 2.33 bits per heavy atom. The molecule has 0 amide bonds. The first kappa shape index (κ1) is 9.38. The molecule has 1 aromatic rings. The molecule has 62 valence electrons. The van der Waals surface area contributed by atoms with Gasteiger partial charge in [0.1, 0.15) is 0 Å². The molecule has 0 fully saturated rings. The van der Waals surface area contributed by atoms with Crippen molar-refractivity contribution in [3.05, 3.63) is 33.4 Å².